The Labute approximate surface area is 172 Å². The maximum Gasteiger partial charge on any atom is 0.277 e. The molecule has 4 aromatic heterocycles. The van der Waals surface area contributed by atoms with Crippen LogP contribution in [0.25, 0.3) is 5.65 Å². The highest BCUT2D eigenvalue weighted by Crippen LogP contribution is 2.22. The van der Waals surface area contributed by atoms with Crippen LogP contribution in [0.2, 0.25) is 0 Å². The molecule has 0 radical (unpaired) electrons. The van der Waals surface area contributed by atoms with Gasteiger partial charge in [-0.15, -0.1) is 0 Å². The minimum Gasteiger partial charge on any atom is -0.346 e. The number of nitrogens with zero attached hydrogens (tertiary/aromatic N) is 7. The van der Waals surface area contributed by atoms with Crippen molar-refractivity contribution in [2.75, 3.05) is 5.32 Å². The summed E-state index contributed by atoms with van der Waals surface area (Å²) < 4.78 is 5.00. The van der Waals surface area contributed by atoms with Crippen molar-refractivity contribution in [1.29, 1.82) is 0 Å². The number of carbonyl (C=O) groups excluding carboxylic acids is 2. The summed E-state index contributed by atoms with van der Waals surface area (Å²) in [5.74, 6) is -0.864. The van der Waals surface area contributed by atoms with Crippen molar-refractivity contribution < 1.29 is 9.59 Å². The molecule has 0 aliphatic heterocycles. The minimum atomic E-state index is -0.489. The molecule has 4 rings (SSSR count). The second kappa shape index (κ2) is 7.47. The van der Waals surface area contributed by atoms with Gasteiger partial charge < -0.3 is 10.6 Å². The number of anilines is 1. The van der Waals surface area contributed by atoms with Crippen molar-refractivity contribution in [1.82, 2.24) is 39.5 Å². The van der Waals surface area contributed by atoms with E-state index in [1.807, 2.05) is 0 Å². The van der Waals surface area contributed by atoms with Crippen molar-refractivity contribution in [2.45, 2.75) is 6.54 Å². The standard InChI is InChI=1S/C17H16BrN9O2/c1-25-9-10(7-21-25)6-20-17(29)14-11(8-22-26(14)2)23-16(28)13-12(18)15-19-4-3-5-27(15)24-13/h3-5,7-9H,6H2,1-2H3,(H,20,29)(H,23,28). The van der Waals surface area contributed by atoms with Crippen molar-refractivity contribution >= 4 is 39.1 Å². The third-order valence-corrected chi connectivity index (χ3v) is 4.90. The molecule has 0 saturated heterocycles. The molecule has 0 unspecified atom stereocenters. The van der Waals surface area contributed by atoms with E-state index in [0.717, 1.165) is 5.56 Å². The topological polar surface area (TPSA) is 124 Å². The molecule has 0 saturated carbocycles. The van der Waals surface area contributed by atoms with E-state index in [0.29, 0.717) is 16.7 Å². The third-order valence-electron chi connectivity index (χ3n) is 4.17. The predicted octanol–water partition coefficient (Wildman–Crippen LogP) is 1.14. The van der Waals surface area contributed by atoms with Crippen molar-refractivity contribution in [2.24, 2.45) is 14.1 Å². The van der Waals surface area contributed by atoms with Gasteiger partial charge in [-0.2, -0.15) is 15.3 Å². The second-order valence-corrected chi connectivity index (χ2v) is 7.03. The lowest BCUT2D eigenvalue weighted by molar-refractivity contribution is 0.0942. The number of carbonyl (C=O) groups is 2. The molecule has 11 nitrogen and oxygen atoms in total. The van der Waals surface area contributed by atoms with E-state index in [1.165, 1.54) is 15.4 Å². The summed E-state index contributed by atoms with van der Waals surface area (Å²) in [4.78, 5) is 29.6. The van der Waals surface area contributed by atoms with Crippen LogP contribution in [0.5, 0.6) is 0 Å². The first-order valence-electron chi connectivity index (χ1n) is 8.52. The molecule has 0 atom stereocenters. The average Bonchev–Trinajstić information content (AvgIpc) is 3.38. The Hall–Kier alpha value is -3.54. The van der Waals surface area contributed by atoms with Crippen LogP contribution < -0.4 is 10.6 Å². The summed E-state index contributed by atoms with van der Waals surface area (Å²) >= 11 is 3.36. The SMILES string of the molecule is Cn1cc(CNC(=O)c2c(NC(=O)c3nn4cccnc4c3Br)cnn2C)cn1. The number of amides is 2. The molecule has 0 aliphatic rings. The Morgan fingerprint density at radius 1 is 1.17 bits per heavy atom. The van der Waals surface area contributed by atoms with Gasteiger partial charge >= 0.3 is 0 Å². The van der Waals surface area contributed by atoms with Crippen molar-refractivity contribution in [3.63, 3.8) is 0 Å². The number of nitrogens with one attached hydrogen (secondary N) is 2. The normalized spacial score (nSPS) is 11.0. The second-order valence-electron chi connectivity index (χ2n) is 6.24. The molecule has 2 N–H and O–H groups in total. The molecular formula is C17H16BrN9O2. The molecule has 0 aliphatic carbocycles. The molecule has 12 heteroatoms. The largest absolute Gasteiger partial charge is 0.346 e. The summed E-state index contributed by atoms with van der Waals surface area (Å²) in [5.41, 5.74) is 2.01. The summed E-state index contributed by atoms with van der Waals surface area (Å²) in [5, 5.41) is 17.9. The minimum absolute atomic E-state index is 0.147. The Balaban J connectivity index is 1.54. The third kappa shape index (κ3) is 3.61. The van der Waals surface area contributed by atoms with Gasteiger partial charge in [0.2, 0.25) is 0 Å². The van der Waals surface area contributed by atoms with Crippen molar-refractivity contribution in [3.8, 4) is 0 Å². The molecule has 2 amide bonds. The van der Waals surface area contributed by atoms with Crippen LogP contribution in [0, 0.1) is 0 Å². The fraction of sp³-hybridized carbons (Fsp3) is 0.176. The maximum atomic E-state index is 12.7. The van der Waals surface area contributed by atoms with Gasteiger partial charge in [0.1, 0.15) is 5.69 Å². The van der Waals surface area contributed by atoms with E-state index in [4.69, 9.17) is 0 Å². The number of hydrogen-bond acceptors (Lipinski definition) is 6. The highest BCUT2D eigenvalue weighted by molar-refractivity contribution is 9.10. The van der Waals surface area contributed by atoms with E-state index >= 15 is 0 Å². The molecule has 0 fully saturated rings. The van der Waals surface area contributed by atoms with Gasteiger partial charge in [0, 0.05) is 44.8 Å². The number of rotatable bonds is 5. The van der Waals surface area contributed by atoms with Crippen LogP contribution in [0.15, 0.2) is 41.5 Å². The smallest absolute Gasteiger partial charge is 0.277 e. The summed E-state index contributed by atoms with van der Waals surface area (Å²) in [6.45, 7) is 0.300. The Kier molecular flexibility index (Phi) is 4.84. The summed E-state index contributed by atoms with van der Waals surface area (Å²) in [6, 6.07) is 1.71. The first-order chi connectivity index (χ1) is 13.9. The number of halogens is 1. The summed E-state index contributed by atoms with van der Waals surface area (Å²) in [7, 11) is 3.42. The van der Waals surface area contributed by atoms with E-state index in [1.54, 1.807) is 49.6 Å². The van der Waals surface area contributed by atoms with Gasteiger partial charge in [0.05, 0.1) is 22.6 Å². The zero-order valence-electron chi connectivity index (χ0n) is 15.5. The highest BCUT2D eigenvalue weighted by atomic mass is 79.9. The van der Waals surface area contributed by atoms with Crippen LogP contribution in [0.1, 0.15) is 26.5 Å². The first kappa shape index (κ1) is 18.8. The molecule has 0 spiro atoms. The van der Waals surface area contributed by atoms with Gasteiger partial charge in [-0.25, -0.2) is 9.50 Å². The van der Waals surface area contributed by atoms with Gasteiger partial charge in [-0.05, 0) is 22.0 Å². The van der Waals surface area contributed by atoms with Gasteiger partial charge in [-0.1, -0.05) is 0 Å². The zero-order chi connectivity index (χ0) is 20.5. The molecule has 148 valence electrons. The van der Waals surface area contributed by atoms with E-state index in [-0.39, 0.29) is 23.0 Å². The maximum absolute atomic E-state index is 12.7. The van der Waals surface area contributed by atoms with E-state index in [9.17, 15) is 9.59 Å². The molecular weight excluding hydrogens is 442 g/mol. The van der Waals surface area contributed by atoms with Crippen LogP contribution >= 0.6 is 15.9 Å². The lowest BCUT2D eigenvalue weighted by atomic mass is 10.3. The van der Waals surface area contributed by atoms with E-state index in [2.05, 4.69) is 46.8 Å². The molecule has 4 heterocycles. The zero-order valence-corrected chi connectivity index (χ0v) is 17.1. The number of hydrogen-bond donors (Lipinski definition) is 2. The lowest BCUT2D eigenvalue weighted by Gasteiger charge is -2.08. The highest BCUT2D eigenvalue weighted by Gasteiger charge is 2.23. The fourth-order valence-electron chi connectivity index (χ4n) is 2.81. The van der Waals surface area contributed by atoms with Gasteiger partial charge in [0.25, 0.3) is 11.8 Å². The monoisotopic (exact) mass is 457 g/mol. The van der Waals surface area contributed by atoms with Crippen molar-refractivity contribution in [3.05, 3.63) is 58.5 Å². The lowest BCUT2D eigenvalue weighted by Crippen LogP contribution is -2.26. The molecule has 0 aromatic carbocycles. The molecule has 4 aromatic rings. The fourth-order valence-corrected chi connectivity index (χ4v) is 3.36. The predicted molar refractivity (Wildman–Crippen MR) is 106 cm³/mol. The molecule has 0 bridgehead atoms. The van der Waals surface area contributed by atoms with Gasteiger partial charge in [0.15, 0.2) is 11.3 Å². The molecule has 29 heavy (non-hydrogen) atoms. The quantitative estimate of drug-likeness (QED) is 0.462. The Bertz CT molecular complexity index is 1220. The van der Waals surface area contributed by atoms with Gasteiger partial charge in [-0.3, -0.25) is 19.0 Å². The summed E-state index contributed by atoms with van der Waals surface area (Å²) in [6.07, 6.45) is 8.18. The first-order valence-corrected chi connectivity index (χ1v) is 9.31. The van der Waals surface area contributed by atoms with E-state index < -0.39 is 5.91 Å². The van der Waals surface area contributed by atoms with Crippen LogP contribution in [0.4, 0.5) is 5.69 Å². The van der Waals surface area contributed by atoms with Crippen LogP contribution in [-0.2, 0) is 20.6 Å². The number of aromatic nitrogens is 7. The number of aryl methyl sites for hydroxylation is 2. The Morgan fingerprint density at radius 2 is 2.00 bits per heavy atom. The van der Waals surface area contributed by atoms with Crippen LogP contribution in [0.3, 0.4) is 0 Å². The average molecular weight is 458 g/mol. The van der Waals surface area contributed by atoms with Crippen LogP contribution in [-0.4, -0.2) is 46.0 Å². The Morgan fingerprint density at radius 3 is 2.72 bits per heavy atom. The number of fused-ring (bicyclic) bond motifs is 1.